The van der Waals surface area contributed by atoms with E-state index in [4.69, 9.17) is 9.52 Å². The van der Waals surface area contributed by atoms with E-state index in [0.29, 0.717) is 5.92 Å². The molecule has 0 spiro atoms. The van der Waals surface area contributed by atoms with Gasteiger partial charge in [-0.1, -0.05) is 13.8 Å². The molecule has 1 saturated carbocycles. The number of furan rings is 1. The van der Waals surface area contributed by atoms with Gasteiger partial charge in [-0.25, -0.2) is 4.79 Å². The summed E-state index contributed by atoms with van der Waals surface area (Å²) in [7, 11) is 0. The number of hydrogen-bond donors (Lipinski definition) is 2. The van der Waals surface area contributed by atoms with E-state index in [2.05, 4.69) is 19.2 Å². The predicted molar refractivity (Wildman–Crippen MR) is 73.7 cm³/mol. The van der Waals surface area contributed by atoms with Gasteiger partial charge in [0.15, 0.2) is 5.76 Å². The molecule has 1 aromatic heterocycles. The molecule has 1 aromatic rings. The van der Waals surface area contributed by atoms with Crippen molar-refractivity contribution < 1.29 is 19.1 Å². The fourth-order valence-corrected chi connectivity index (χ4v) is 2.76. The lowest BCUT2D eigenvalue weighted by atomic mass is 9.80. The maximum Gasteiger partial charge on any atom is 0.371 e. The SMILES string of the molecule is CC(C)C1CCC(NC(=O)c2ccc(C(=O)O)o2)CC1. The Morgan fingerprint density at radius 1 is 1.20 bits per heavy atom. The fraction of sp³-hybridized carbons (Fsp3) is 0.600. The molecule has 0 atom stereocenters. The highest BCUT2D eigenvalue weighted by Crippen LogP contribution is 2.29. The molecule has 0 aliphatic heterocycles. The number of rotatable bonds is 4. The Labute approximate surface area is 118 Å². The van der Waals surface area contributed by atoms with Gasteiger partial charge in [-0.15, -0.1) is 0 Å². The van der Waals surface area contributed by atoms with Gasteiger partial charge in [0.2, 0.25) is 5.76 Å². The number of nitrogens with one attached hydrogen (secondary N) is 1. The third-order valence-electron chi connectivity index (χ3n) is 4.09. The van der Waals surface area contributed by atoms with Crippen LogP contribution in [0.3, 0.4) is 0 Å². The average molecular weight is 279 g/mol. The zero-order valence-corrected chi connectivity index (χ0v) is 11.9. The molecule has 5 nitrogen and oxygen atoms in total. The van der Waals surface area contributed by atoms with Crippen LogP contribution in [0.1, 0.15) is 60.6 Å². The molecule has 2 N–H and O–H groups in total. The molecule has 1 amide bonds. The van der Waals surface area contributed by atoms with E-state index < -0.39 is 5.97 Å². The van der Waals surface area contributed by atoms with Gasteiger partial charge in [0, 0.05) is 6.04 Å². The molecule has 0 radical (unpaired) electrons. The summed E-state index contributed by atoms with van der Waals surface area (Å²) in [4.78, 5) is 22.7. The van der Waals surface area contributed by atoms with Crippen molar-refractivity contribution in [3.05, 3.63) is 23.7 Å². The molecule has 0 saturated heterocycles. The zero-order chi connectivity index (χ0) is 14.7. The third kappa shape index (κ3) is 3.40. The second-order valence-electron chi connectivity index (χ2n) is 5.80. The summed E-state index contributed by atoms with van der Waals surface area (Å²) in [5.74, 6) is -0.209. The van der Waals surface area contributed by atoms with E-state index in [-0.39, 0.29) is 23.5 Å². The lowest BCUT2D eigenvalue weighted by Crippen LogP contribution is -2.38. The molecular formula is C15H21NO4. The van der Waals surface area contributed by atoms with Crippen LogP contribution in [-0.4, -0.2) is 23.0 Å². The third-order valence-corrected chi connectivity index (χ3v) is 4.09. The van der Waals surface area contributed by atoms with Crippen molar-refractivity contribution in [2.24, 2.45) is 11.8 Å². The van der Waals surface area contributed by atoms with Gasteiger partial charge in [0.05, 0.1) is 0 Å². The number of aromatic carboxylic acids is 1. The molecule has 0 bridgehead atoms. The predicted octanol–water partition coefficient (Wildman–Crippen LogP) is 2.92. The summed E-state index contributed by atoms with van der Waals surface area (Å²) in [6.45, 7) is 4.47. The fourth-order valence-electron chi connectivity index (χ4n) is 2.76. The number of carbonyl (C=O) groups is 2. The lowest BCUT2D eigenvalue weighted by Gasteiger charge is -2.31. The van der Waals surface area contributed by atoms with E-state index in [0.717, 1.165) is 31.6 Å². The van der Waals surface area contributed by atoms with Crippen LogP contribution in [0.25, 0.3) is 0 Å². The Bertz CT molecular complexity index is 484. The van der Waals surface area contributed by atoms with Gasteiger partial charge in [-0.05, 0) is 49.7 Å². The van der Waals surface area contributed by atoms with Crippen LogP contribution in [-0.2, 0) is 0 Å². The van der Waals surface area contributed by atoms with Gasteiger partial charge in [0.1, 0.15) is 0 Å². The minimum absolute atomic E-state index is 0.0633. The number of hydrogen-bond acceptors (Lipinski definition) is 3. The molecule has 2 rings (SSSR count). The Balaban J connectivity index is 1.87. The molecule has 1 aliphatic carbocycles. The molecule has 0 aromatic carbocycles. The van der Waals surface area contributed by atoms with Crippen LogP contribution in [0.2, 0.25) is 0 Å². The molecule has 1 heterocycles. The van der Waals surface area contributed by atoms with E-state index in [1.807, 2.05) is 0 Å². The Morgan fingerprint density at radius 2 is 1.80 bits per heavy atom. The highest BCUT2D eigenvalue weighted by molar-refractivity contribution is 5.93. The first-order valence-corrected chi connectivity index (χ1v) is 7.11. The van der Waals surface area contributed by atoms with E-state index in [1.165, 1.54) is 12.1 Å². The van der Waals surface area contributed by atoms with Crippen molar-refractivity contribution in [3.63, 3.8) is 0 Å². The average Bonchev–Trinajstić information content (AvgIpc) is 2.89. The first-order valence-electron chi connectivity index (χ1n) is 7.11. The van der Waals surface area contributed by atoms with E-state index >= 15 is 0 Å². The van der Waals surface area contributed by atoms with Gasteiger partial charge >= 0.3 is 5.97 Å². The van der Waals surface area contributed by atoms with Gasteiger partial charge in [-0.3, -0.25) is 4.79 Å². The summed E-state index contributed by atoms with van der Waals surface area (Å²) in [6, 6.07) is 2.86. The lowest BCUT2D eigenvalue weighted by molar-refractivity contribution is 0.0659. The maximum absolute atomic E-state index is 12.0. The highest BCUT2D eigenvalue weighted by Gasteiger charge is 2.25. The first kappa shape index (κ1) is 14.6. The van der Waals surface area contributed by atoms with Crippen LogP contribution in [0.4, 0.5) is 0 Å². The minimum atomic E-state index is -1.17. The number of carboxylic acids is 1. The summed E-state index contributed by atoms with van der Waals surface area (Å²) in [5.41, 5.74) is 0. The largest absolute Gasteiger partial charge is 0.475 e. The van der Waals surface area contributed by atoms with Crippen LogP contribution >= 0.6 is 0 Å². The molecule has 20 heavy (non-hydrogen) atoms. The van der Waals surface area contributed by atoms with Crippen molar-refractivity contribution in [1.29, 1.82) is 0 Å². The molecule has 1 aliphatic rings. The standard InChI is InChI=1S/C15H21NO4/c1-9(2)10-3-5-11(6-4-10)16-14(17)12-7-8-13(20-12)15(18)19/h7-11H,3-6H2,1-2H3,(H,16,17)(H,18,19). The van der Waals surface area contributed by atoms with Gasteiger partial charge in [-0.2, -0.15) is 0 Å². The van der Waals surface area contributed by atoms with Gasteiger partial charge < -0.3 is 14.8 Å². The van der Waals surface area contributed by atoms with Gasteiger partial charge in [0.25, 0.3) is 5.91 Å². The number of amides is 1. The molecule has 1 fully saturated rings. The summed E-state index contributed by atoms with van der Waals surface area (Å²) in [6.07, 6.45) is 4.20. The quantitative estimate of drug-likeness (QED) is 0.888. The van der Waals surface area contributed by atoms with Crippen molar-refractivity contribution in [2.75, 3.05) is 0 Å². The molecule has 110 valence electrons. The summed E-state index contributed by atoms with van der Waals surface area (Å²) in [5, 5.41) is 11.7. The Hall–Kier alpha value is -1.78. The van der Waals surface area contributed by atoms with E-state index in [1.54, 1.807) is 0 Å². The van der Waals surface area contributed by atoms with E-state index in [9.17, 15) is 9.59 Å². The van der Waals surface area contributed by atoms with Crippen molar-refractivity contribution in [2.45, 2.75) is 45.6 Å². The Morgan fingerprint density at radius 3 is 2.30 bits per heavy atom. The number of carbonyl (C=O) groups excluding carboxylic acids is 1. The summed E-state index contributed by atoms with van der Waals surface area (Å²) >= 11 is 0. The first-order chi connectivity index (χ1) is 9.47. The van der Waals surface area contributed by atoms with Crippen molar-refractivity contribution in [1.82, 2.24) is 5.32 Å². The highest BCUT2D eigenvalue weighted by atomic mass is 16.4. The van der Waals surface area contributed by atoms with Crippen molar-refractivity contribution in [3.8, 4) is 0 Å². The smallest absolute Gasteiger partial charge is 0.371 e. The second-order valence-corrected chi connectivity index (χ2v) is 5.80. The van der Waals surface area contributed by atoms with Crippen LogP contribution in [0.5, 0.6) is 0 Å². The minimum Gasteiger partial charge on any atom is -0.475 e. The monoisotopic (exact) mass is 279 g/mol. The topological polar surface area (TPSA) is 79.5 Å². The zero-order valence-electron chi connectivity index (χ0n) is 11.9. The van der Waals surface area contributed by atoms with Crippen LogP contribution in [0, 0.1) is 11.8 Å². The number of carboxylic acid groups (broad SMARTS) is 1. The Kier molecular flexibility index (Phi) is 4.47. The molecule has 0 unspecified atom stereocenters. The summed E-state index contributed by atoms with van der Waals surface area (Å²) < 4.78 is 5.00. The molecule has 5 heteroatoms. The van der Waals surface area contributed by atoms with Crippen LogP contribution in [0.15, 0.2) is 16.5 Å². The second kappa shape index (κ2) is 6.11. The van der Waals surface area contributed by atoms with Crippen molar-refractivity contribution >= 4 is 11.9 Å². The molecular weight excluding hydrogens is 258 g/mol. The normalized spacial score (nSPS) is 22.8. The maximum atomic E-state index is 12.0. The van der Waals surface area contributed by atoms with Crippen LogP contribution < -0.4 is 5.32 Å².